The van der Waals surface area contributed by atoms with Gasteiger partial charge in [0.15, 0.2) is 0 Å². The standard InChI is InChI=1S/C24H21N5O2/c1-16-9-17-11-20(31-23(17)21(10-16)22-14-25-7-8-26-22)13-27-24(30)18-12-28-29(15-18)19-5-3-2-4-6-19/h2-10,12,14-15,20H,11,13H2,1H3,(H,27,30). The molecule has 1 aliphatic rings. The van der Waals surface area contributed by atoms with Crippen LogP contribution in [0.2, 0.25) is 0 Å². The van der Waals surface area contributed by atoms with Crippen LogP contribution in [0, 0.1) is 6.92 Å². The monoisotopic (exact) mass is 411 g/mol. The third-order valence-corrected chi connectivity index (χ3v) is 5.24. The van der Waals surface area contributed by atoms with Crippen LogP contribution in [0.3, 0.4) is 0 Å². The predicted molar refractivity (Wildman–Crippen MR) is 116 cm³/mol. The molecule has 1 N–H and O–H groups in total. The topological polar surface area (TPSA) is 81.9 Å². The van der Waals surface area contributed by atoms with Crippen LogP contribution in [0.1, 0.15) is 21.5 Å². The molecule has 1 unspecified atom stereocenters. The van der Waals surface area contributed by atoms with Crippen molar-refractivity contribution in [3.8, 4) is 22.7 Å². The van der Waals surface area contributed by atoms with E-state index >= 15 is 0 Å². The molecule has 154 valence electrons. The van der Waals surface area contributed by atoms with Crippen LogP contribution in [0.5, 0.6) is 5.75 Å². The highest BCUT2D eigenvalue weighted by molar-refractivity contribution is 5.93. The number of hydrogen-bond acceptors (Lipinski definition) is 5. The zero-order valence-corrected chi connectivity index (χ0v) is 17.0. The summed E-state index contributed by atoms with van der Waals surface area (Å²) < 4.78 is 7.89. The van der Waals surface area contributed by atoms with E-state index in [1.807, 2.05) is 30.3 Å². The molecule has 0 bridgehead atoms. The molecule has 2 aromatic carbocycles. The first kappa shape index (κ1) is 19.0. The van der Waals surface area contributed by atoms with Gasteiger partial charge in [-0.05, 0) is 36.2 Å². The summed E-state index contributed by atoms with van der Waals surface area (Å²) in [6.45, 7) is 2.46. The molecule has 4 aromatic rings. The summed E-state index contributed by atoms with van der Waals surface area (Å²) in [5.41, 5.74) is 5.39. The summed E-state index contributed by atoms with van der Waals surface area (Å²) in [6.07, 6.45) is 8.95. The first-order valence-electron chi connectivity index (χ1n) is 10.1. The number of benzene rings is 2. The molecule has 0 saturated heterocycles. The maximum Gasteiger partial charge on any atom is 0.254 e. The predicted octanol–water partition coefficient (Wildman–Crippen LogP) is 3.37. The molecule has 1 atom stereocenters. The highest BCUT2D eigenvalue weighted by atomic mass is 16.5. The molecule has 5 rings (SSSR count). The Hall–Kier alpha value is -4.00. The highest BCUT2D eigenvalue weighted by Gasteiger charge is 2.27. The van der Waals surface area contributed by atoms with Gasteiger partial charge in [0.25, 0.3) is 5.91 Å². The number of aromatic nitrogens is 4. The number of ether oxygens (including phenoxy) is 1. The summed E-state index contributed by atoms with van der Waals surface area (Å²) in [6, 6.07) is 13.9. The number of nitrogens with zero attached hydrogens (tertiary/aromatic N) is 4. The average molecular weight is 411 g/mol. The van der Waals surface area contributed by atoms with Crippen molar-refractivity contribution in [2.45, 2.75) is 19.4 Å². The number of amides is 1. The lowest BCUT2D eigenvalue weighted by Gasteiger charge is -2.13. The van der Waals surface area contributed by atoms with Crippen LogP contribution in [0.15, 0.2) is 73.4 Å². The molecule has 0 fully saturated rings. The van der Waals surface area contributed by atoms with Gasteiger partial charge in [-0.2, -0.15) is 5.10 Å². The lowest BCUT2D eigenvalue weighted by Crippen LogP contribution is -2.34. The van der Waals surface area contributed by atoms with Crippen LogP contribution in [-0.4, -0.2) is 38.3 Å². The molecule has 7 heteroatoms. The summed E-state index contributed by atoms with van der Waals surface area (Å²) in [4.78, 5) is 21.2. The first-order chi connectivity index (χ1) is 15.2. The third-order valence-electron chi connectivity index (χ3n) is 5.24. The largest absolute Gasteiger partial charge is 0.487 e. The van der Waals surface area contributed by atoms with Crippen LogP contribution in [0.25, 0.3) is 16.9 Å². The van der Waals surface area contributed by atoms with E-state index in [1.165, 1.54) is 0 Å². The average Bonchev–Trinajstić information content (AvgIpc) is 3.45. The molecular weight excluding hydrogens is 390 g/mol. The first-order valence-corrected chi connectivity index (χ1v) is 10.1. The molecule has 2 aromatic heterocycles. The summed E-state index contributed by atoms with van der Waals surface area (Å²) in [5.74, 6) is 0.648. The minimum atomic E-state index is -0.174. The zero-order valence-electron chi connectivity index (χ0n) is 17.0. The van der Waals surface area contributed by atoms with E-state index in [2.05, 4.69) is 39.4 Å². The molecule has 1 amide bonds. The van der Waals surface area contributed by atoms with Crippen molar-refractivity contribution in [2.75, 3.05) is 6.54 Å². The number of carbonyl (C=O) groups is 1. The summed E-state index contributed by atoms with van der Waals surface area (Å²) in [7, 11) is 0. The fourth-order valence-corrected chi connectivity index (χ4v) is 3.81. The van der Waals surface area contributed by atoms with Gasteiger partial charge in [-0.25, -0.2) is 4.68 Å². The molecule has 31 heavy (non-hydrogen) atoms. The normalized spacial score (nSPS) is 14.7. The fourth-order valence-electron chi connectivity index (χ4n) is 3.81. The van der Waals surface area contributed by atoms with E-state index in [0.717, 1.165) is 40.2 Å². The van der Waals surface area contributed by atoms with E-state index in [0.29, 0.717) is 12.1 Å². The second-order valence-corrected chi connectivity index (χ2v) is 7.55. The highest BCUT2D eigenvalue weighted by Crippen LogP contribution is 2.38. The molecule has 3 heterocycles. The van der Waals surface area contributed by atoms with E-state index in [1.54, 1.807) is 35.7 Å². The Balaban J connectivity index is 1.27. The minimum Gasteiger partial charge on any atom is -0.487 e. The van der Waals surface area contributed by atoms with Crippen LogP contribution >= 0.6 is 0 Å². The van der Waals surface area contributed by atoms with E-state index in [4.69, 9.17) is 4.74 Å². The molecule has 0 radical (unpaired) electrons. The SMILES string of the molecule is Cc1cc2c(c(-c3cnccn3)c1)OC(CNC(=O)c1cnn(-c3ccccc3)c1)C2. The Kier molecular flexibility index (Phi) is 4.92. The molecule has 0 spiro atoms. The fraction of sp³-hybridized carbons (Fsp3) is 0.167. The molecule has 0 aliphatic carbocycles. The van der Waals surface area contributed by atoms with Crippen molar-refractivity contribution < 1.29 is 9.53 Å². The van der Waals surface area contributed by atoms with Crippen LogP contribution in [0.4, 0.5) is 0 Å². The molecule has 1 aliphatic heterocycles. The smallest absolute Gasteiger partial charge is 0.254 e. The van der Waals surface area contributed by atoms with Gasteiger partial charge in [-0.1, -0.05) is 24.3 Å². The Morgan fingerprint density at radius 1 is 1.19 bits per heavy atom. The second-order valence-electron chi connectivity index (χ2n) is 7.55. The molecule has 7 nitrogen and oxygen atoms in total. The van der Waals surface area contributed by atoms with Gasteiger partial charge in [0.2, 0.25) is 0 Å². The van der Waals surface area contributed by atoms with Gasteiger partial charge in [0.1, 0.15) is 11.9 Å². The van der Waals surface area contributed by atoms with Crippen molar-refractivity contribution in [2.24, 2.45) is 0 Å². The maximum atomic E-state index is 12.6. The van der Waals surface area contributed by atoms with Gasteiger partial charge >= 0.3 is 0 Å². The van der Waals surface area contributed by atoms with Gasteiger partial charge in [-0.3, -0.25) is 14.8 Å². The zero-order chi connectivity index (χ0) is 21.2. The Bertz CT molecular complexity index is 1220. The third kappa shape index (κ3) is 3.90. The van der Waals surface area contributed by atoms with Crippen molar-refractivity contribution >= 4 is 5.91 Å². The number of fused-ring (bicyclic) bond motifs is 1. The maximum absolute atomic E-state index is 12.6. The van der Waals surface area contributed by atoms with Crippen LogP contribution < -0.4 is 10.1 Å². The van der Waals surface area contributed by atoms with Crippen molar-refractivity contribution in [1.82, 2.24) is 25.1 Å². The van der Waals surface area contributed by atoms with Gasteiger partial charge in [0.05, 0.1) is 35.9 Å². The molecule has 0 saturated carbocycles. The Labute approximate surface area is 179 Å². The van der Waals surface area contributed by atoms with Crippen molar-refractivity contribution in [1.29, 1.82) is 0 Å². The van der Waals surface area contributed by atoms with E-state index in [-0.39, 0.29) is 12.0 Å². The Morgan fingerprint density at radius 3 is 2.87 bits per heavy atom. The number of nitrogens with one attached hydrogen (secondary N) is 1. The molecular formula is C24H21N5O2. The Morgan fingerprint density at radius 2 is 2.06 bits per heavy atom. The van der Waals surface area contributed by atoms with Gasteiger partial charge < -0.3 is 10.1 Å². The number of para-hydroxylation sites is 1. The van der Waals surface area contributed by atoms with Crippen molar-refractivity contribution in [3.63, 3.8) is 0 Å². The summed E-state index contributed by atoms with van der Waals surface area (Å²) >= 11 is 0. The van der Waals surface area contributed by atoms with E-state index < -0.39 is 0 Å². The summed E-state index contributed by atoms with van der Waals surface area (Å²) in [5, 5.41) is 7.26. The number of rotatable bonds is 5. The number of carbonyl (C=O) groups excluding carboxylic acids is 1. The lowest BCUT2D eigenvalue weighted by atomic mass is 10.0. The second kappa shape index (κ2) is 8.02. The number of hydrogen-bond donors (Lipinski definition) is 1. The quantitative estimate of drug-likeness (QED) is 0.545. The lowest BCUT2D eigenvalue weighted by molar-refractivity contribution is 0.0933. The van der Waals surface area contributed by atoms with Gasteiger partial charge in [0, 0.05) is 30.6 Å². The van der Waals surface area contributed by atoms with Gasteiger partial charge in [-0.15, -0.1) is 0 Å². The number of aryl methyl sites for hydroxylation is 1. The van der Waals surface area contributed by atoms with E-state index in [9.17, 15) is 4.79 Å². The van der Waals surface area contributed by atoms with Crippen LogP contribution in [-0.2, 0) is 6.42 Å². The minimum absolute atomic E-state index is 0.139. The van der Waals surface area contributed by atoms with Crippen molar-refractivity contribution in [3.05, 3.63) is 90.1 Å².